The first kappa shape index (κ1) is 14.6. The number of alkyl halides is 3. The third-order valence-corrected chi connectivity index (χ3v) is 3.59. The Morgan fingerprint density at radius 3 is 2.14 bits per heavy atom. The van der Waals surface area contributed by atoms with E-state index in [1.165, 1.54) is 6.08 Å². The van der Waals surface area contributed by atoms with E-state index in [1.807, 2.05) is 54.6 Å². The minimum absolute atomic E-state index is 0.651. The van der Waals surface area contributed by atoms with Crippen LogP contribution < -0.4 is 0 Å². The van der Waals surface area contributed by atoms with Gasteiger partial charge in [-0.1, -0.05) is 54.6 Å². The normalized spacial score (nSPS) is 14.0. The van der Waals surface area contributed by atoms with Crippen LogP contribution in [0.25, 0.3) is 27.6 Å². The first-order valence-electron chi connectivity index (χ1n) is 6.80. The molecule has 112 valence electrons. The molecule has 0 aliphatic rings. The van der Waals surface area contributed by atoms with Gasteiger partial charge in [-0.25, -0.2) is 0 Å². The first-order chi connectivity index (χ1) is 10.5. The second-order valence-electron chi connectivity index (χ2n) is 5.08. The summed E-state index contributed by atoms with van der Waals surface area (Å²) in [5.41, 5.74) is 0.651. The third kappa shape index (κ3) is 2.70. The zero-order valence-electron chi connectivity index (χ0n) is 11.5. The van der Waals surface area contributed by atoms with Crippen LogP contribution in [0.5, 0.6) is 0 Å². The molecule has 0 radical (unpaired) electrons. The molecule has 0 aliphatic heterocycles. The van der Waals surface area contributed by atoms with Crippen molar-refractivity contribution in [2.24, 2.45) is 0 Å². The molecule has 0 aliphatic carbocycles. The van der Waals surface area contributed by atoms with Gasteiger partial charge in [0.1, 0.15) is 0 Å². The van der Waals surface area contributed by atoms with Crippen molar-refractivity contribution in [3.8, 4) is 0 Å². The highest BCUT2D eigenvalue weighted by Gasteiger charge is 2.36. The molecular weight excluding hydrogens is 289 g/mol. The van der Waals surface area contributed by atoms with E-state index < -0.39 is 12.3 Å². The quantitative estimate of drug-likeness (QED) is 0.665. The minimum Gasteiger partial charge on any atom is -0.380 e. The lowest BCUT2D eigenvalue weighted by molar-refractivity contribution is -0.187. The molecule has 0 unspecified atom stereocenters. The molecule has 0 bridgehead atoms. The zero-order valence-corrected chi connectivity index (χ0v) is 11.5. The summed E-state index contributed by atoms with van der Waals surface area (Å²) in [6, 6.07) is 17.1. The molecule has 1 N–H and O–H groups in total. The summed E-state index contributed by atoms with van der Waals surface area (Å²) in [7, 11) is 0. The van der Waals surface area contributed by atoms with Crippen LogP contribution in [-0.2, 0) is 0 Å². The molecule has 0 saturated heterocycles. The van der Waals surface area contributed by atoms with Crippen molar-refractivity contribution in [2.45, 2.75) is 12.3 Å². The molecule has 4 heteroatoms. The van der Waals surface area contributed by atoms with Crippen molar-refractivity contribution in [3.63, 3.8) is 0 Å². The molecule has 0 heterocycles. The SMILES string of the molecule is O[C@@H](/C=C/c1cc2ccccc2c2ccccc12)C(F)(F)F. The van der Waals surface area contributed by atoms with Crippen LogP contribution in [-0.4, -0.2) is 17.4 Å². The summed E-state index contributed by atoms with van der Waals surface area (Å²) >= 11 is 0. The molecule has 3 rings (SSSR count). The smallest absolute Gasteiger partial charge is 0.380 e. The van der Waals surface area contributed by atoms with Crippen molar-refractivity contribution >= 4 is 27.6 Å². The predicted molar refractivity (Wildman–Crippen MR) is 82.5 cm³/mol. The number of halogens is 3. The molecule has 0 amide bonds. The standard InChI is InChI=1S/C18H13F3O/c19-18(20,21)17(22)10-9-13-11-12-5-1-2-6-14(12)16-8-4-3-7-15(13)16/h1-11,17,22H/b10-9+/t17-/m0/s1. The van der Waals surface area contributed by atoms with E-state index in [4.69, 9.17) is 5.11 Å². The second kappa shape index (κ2) is 5.46. The molecule has 0 fully saturated rings. The van der Waals surface area contributed by atoms with Crippen LogP contribution in [0.3, 0.4) is 0 Å². The van der Waals surface area contributed by atoms with Gasteiger partial charge in [0.05, 0.1) is 0 Å². The van der Waals surface area contributed by atoms with Crippen LogP contribution in [0.2, 0.25) is 0 Å². The van der Waals surface area contributed by atoms with Gasteiger partial charge in [-0.3, -0.25) is 0 Å². The molecule has 3 aromatic rings. The number of aliphatic hydroxyl groups excluding tert-OH is 1. The fraction of sp³-hybridized carbons (Fsp3) is 0.111. The van der Waals surface area contributed by atoms with E-state index in [2.05, 4.69) is 0 Å². The summed E-state index contributed by atoms with van der Waals surface area (Å²) in [5, 5.41) is 12.9. The maximum absolute atomic E-state index is 12.4. The first-order valence-corrected chi connectivity index (χ1v) is 6.80. The van der Waals surface area contributed by atoms with Gasteiger partial charge < -0.3 is 5.11 Å². The summed E-state index contributed by atoms with van der Waals surface area (Å²) in [4.78, 5) is 0. The van der Waals surface area contributed by atoms with Gasteiger partial charge in [0.25, 0.3) is 0 Å². The highest BCUT2D eigenvalue weighted by Crippen LogP contribution is 2.30. The molecule has 1 nitrogen and oxygen atoms in total. The van der Waals surface area contributed by atoms with E-state index in [0.29, 0.717) is 5.56 Å². The Hall–Kier alpha value is -2.33. The van der Waals surface area contributed by atoms with Gasteiger partial charge in [0.15, 0.2) is 6.10 Å². The van der Waals surface area contributed by atoms with Crippen LogP contribution in [0.4, 0.5) is 13.2 Å². The Labute approximate surface area is 125 Å². The molecule has 0 saturated carbocycles. The van der Waals surface area contributed by atoms with Crippen molar-refractivity contribution in [2.75, 3.05) is 0 Å². The van der Waals surface area contributed by atoms with E-state index in [-0.39, 0.29) is 0 Å². The third-order valence-electron chi connectivity index (χ3n) is 3.59. The van der Waals surface area contributed by atoms with Crippen LogP contribution >= 0.6 is 0 Å². The topological polar surface area (TPSA) is 20.2 Å². The number of hydrogen-bond acceptors (Lipinski definition) is 1. The Balaban J connectivity index is 2.18. The Kier molecular flexibility index (Phi) is 3.62. The molecular formula is C18H13F3O. The molecule has 3 aromatic carbocycles. The Morgan fingerprint density at radius 1 is 0.864 bits per heavy atom. The van der Waals surface area contributed by atoms with Crippen LogP contribution in [0.15, 0.2) is 60.7 Å². The maximum atomic E-state index is 12.4. The monoisotopic (exact) mass is 302 g/mol. The number of hydrogen-bond donors (Lipinski definition) is 1. The van der Waals surface area contributed by atoms with Gasteiger partial charge in [0.2, 0.25) is 0 Å². The summed E-state index contributed by atoms with van der Waals surface area (Å²) in [6.45, 7) is 0. The average Bonchev–Trinajstić information content (AvgIpc) is 2.51. The van der Waals surface area contributed by atoms with Gasteiger partial charge in [-0.05, 0) is 39.3 Å². The van der Waals surface area contributed by atoms with Gasteiger partial charge >= 0.3 is 6.18 Å². The second-order valence-corrected chi connectivity index (χ2v) is 5.08. The summed E-state index contributed by atoms with van der Waals surface area (Å²) in [5.74, 6) is 0. The van der Waals surface area contributed by atoms with Crippen LogP contribution in [0.1, 0.15) is 5.56 Å². The molecule has 0 spiro atoms. The van der Waals surface area contributed by atoms with Gasteiger partial charge in [0, 0.05) is 0 Å². The molecule has 0 aromatic heterocycles. The number of benzene rings is 3. The number of fused-ring (bicyclic) bond motifs is 3. The van der Waals surface area contributed by atoms with Crippen molar-refractivity contribution in [3.05, 3.63) is 66.2 Å². The largest absolute Gasteiger partial charge is 0.417 e. The highest BCUT2D eigenvalue weighted by atomic mass is 19.4. The lowest BCUT2D eigenvalue weighted by Crippen LogP contribution is -2.25. The minimum atomic E-state index is -4.65. The van der Waals surface area contributed by atoms with E-state index in [1.54, 1.807) is 0 Å². The fourth-order valence-electron chi connectivity index (χ4n) is 2.52. The Bertz CT molecular complexity index is 850. The van der Waals surface area contributed by atoms with Crippen molar-refractivity contribution in [1.82, 2.24) is 0 Å². The van der Waals surface area contributed by atoms with E-state index in [0.717, 1.165) is 27.6 Å². The average molecular weight is 302 g/mol. The zero-order chi connectivity index (χ0) is 15.7. The highest BCUT2D eigenvalue weighted by molar-refractivity contribution is 6.10. The van der Waals surface area contributed by atoms with Gasteiger partial charge in [-0.2, -0.15) is 13.2 Å². The summed E-state index contributed by atoms with van der Waals surface area (Å²) < 4.78 is 37.3. The molecule has 1 atom stereocenters. The van der Waals surface area contributed by atoms with Crippen LogP contribution in [0, 0.1) is 0 Å². The lowest BCUT2D eigenvalue weighted by Gasteiger charge is -2.11. The lowest BCUT2D eigenvalue weighted by atomic mass is 9.97. The predicted octanol–water partition coefficient (Wildman–Crippen LogP) is 4.93. The van der Waals surface area contributed by atoms with Gasteiger partial charge in [-0.15, -0.1) is 0 Å². The molecule has 22 heavy (non-hydrogen) atoms. The summed E-state index contributed by atoms with van der Waals surface area (Å²) in [6.07, 6.45) is -5.01. The maximum Gasteiger partial charge on any atom is 0.417 e. The van der Waals surface area contributed by atoms with E-state index in [9.17, 15) is 13.2 Å². The Morgan fingerprint density at radius 2 is 1.45 bits per heavy atom. The van der Waals surface area contributed by atoms with Crippen molar-refractivity contribution < 1.29 is 18.3 Å². The van der Waals surface area contributed by atoms with Crippen molar-refractivity contribution in [1.29, 1.82) is 0 Å². The van der Waals surface area contributed by atoms with E-state index >= 15 is 0 Å². The number of rotatable bonds is 2. The number of aliphatic hydroxyl groups is 1. The fourth-order valence-corrected chi connectivity index (χ4v) is 2.52.